The van der Waals surface area contributed by atoms with Crippen LogP contribution in [-0.4, -0.2) is 86.3 Å². The van der Waals surface area contributed by atoms with E-state index >= 15 is 0 Å². The normalized spacial score (nSPS) is 15.8. The van der Waals surface area contributed by atoms with Gasteiger partial charge in [-0.2, -0.15) is 0 Å². The lowest BCUT2D eigenvalue weighted by Crippen LogP contribution is -2.43. The average Bonchev–Trinajstić information content (AvgIpc) is 3.71. The Balaban J connectivity index is 1.13. The first-order valence-electron chi connectivity index (χ1n) is 19.4. The molecule has 0 radical (unpaired) electrons. The van der Waals surface area contributed by atoms with Crippen LogP contribution in [0.1, 0.15) is 64.1 Å². The zero-order chi connectivity index (χ0) is 42.1. The molecule has 0 spiro atoms. The van der Waals surface area contributed by atoms with Gasteiger partial charge in [0.15, 0.2) is 11.4 Å². The molecule has 2 aliphatic rings. The van der Waals surface area contributed by atoms with Crippen LogP contribution in [0.15, 0.2) is 61.1 Å². The molecule has 310 valence electrons. The summed E-state index contributed by atoms with van der Waals surface area (Å²) in [6.45, 7) is 6.87. The summed E-state index contributed by atoms with van der Waals surface area (Å²) in [6, 6.07) is 12.7. The van der Waals surface area contributed by atoms with E-state index in [0.717, 1.165) is 18.5 Å². The van der Waals surface area contributed by atoms with Gasteiger partial charge < -0.3 is 39.3 Å². The number of aliphatic carboxylic acids is 1. The highest BCUT2D eigenvalue weighted by Gasteiger charge is 2.49. The van der Waals surface area contributed by atoms with Crippen LogP contribution >= 0.6 is 23.2 Å². The molecular formula is C43H47Cl2N7O7. The number of halogens is 2. The highest BCUT2D eigenvalue weighted by Crippen LogP contribution is 2.48. The van der Waals surface area contributed by atoms with Gasteiger partial charge >= 0.3 is 12.1 Å². The Hall–Kier alpha value is -5.44. The number of hydrogen-bond acceptors (Lipinski definition) is 10. The molecule has 1 saturated heterocycles. The van der Waals surface area contributed by atoms with Crippen LogP contribution in [0.3, 0.4) is 0 Å². The predicted octanol–water partition coefficient (Wildman–Crippen LogP) is 7.81. The molecule has 1 aliphatic carbocycles. The first kappa shape index (κ1) is 41.7. The zero-order valence-corrected chi connectivity index (χ0v) is 35.1. The summed E-state index contributed by atoms with van der Waals surface area (Å²) in [6.07, 6.45) is 8.00. The highest BCUT2D eigenvalue weighted by molar-refractivity contribution is 6.39. The van der Waals surface area contributed by atoms with Crippen molar-refractivity contribution in [3.63, 3.8) is 0 Å². The number of amides is 2. The number of methoxy groups -OCH3 is 2. The molecule has 0 unspecified atom stereocenters. The molecule has 1 aromatic carbocycles. The molecule has 7 rings (SSSR count). The van der Waals surface area contributed by atoms with E-state index in [1.165, 1.54) is 7.11 Å². The second kappa shape index (κ2) is 17.0. The average molecular weight is 845 g/mol. The summed E-state index contributed by atoms with van der Waals surface area (Å²) < 4.78 is 19.1. The molecule has 5 aromatic rings. The summed E-state index contributed by atoms with van der Waals surface area (Å²) in [5.74, 6) is 0.0717. The quantitative estimate of drug-likeness (QED) is 0.0879. The zero-order valence-electron chi connectivity index (χ0n) is 33.6. The fourth-order valence-electron chi connectivity index (χ4n) is 7.27. The number of aromatic nitrogens is 4. The van der Waals surface area contributed by atoms with Crippen molar-refractivity contribution in [2.75, 3.05) is 27.3 Å². The van der Waals surface area contributed by atoms with Crippen molar-refractivity contribution in [3.8, 4) is 45.3 Å². The van der Waals surface area contributed by atoms with Crippen LogP contribution in [-0.2, 0) is 27.4 Å². The van der Waals surface area contributed by atoms with E-state index in [4.69, 9.17) is 47.4 Å². The van der Waals surface area contributed by atoms with Gasteiger partial charge in [0, 0.05) is 72.0 Å². The Morgan fingerprint density at radius 1 is 1.03 bits per heavy atom. The first-order chi connectivity index (χ1) is 28.2. The largest absolute Gasteiger partial charge is 0.493 e. The van der Waals surface area contributed by atoms with E-state index in [2.05, 4.69) is 15.6 Å². The molecule has 1 aliphatic heterocycles. The predicted molar refractivity (Wildman–Crippen MR) is 224 cm³/mol. The number of carbonyl (C=O) groups is 3. The number of carboxylic acid groups (broad SMARTS) is 1. The number of benzene rings is 1. The van der Waals surface area contributed by atoms with Crippen molar-refractivity contribution < 1.29 is 33.7 Å². The third-order valence-electron chi connectivity index (χ3n) is 10.6. The number of carboxylic acids is 1. The van der Waals surface area contributed by atoms with Crippen molar-refractivity contribution >= 4 is 46.8 Å². The number of nitrogens with one attached hydrogen (secondary N) is 2. The fraction of sp³-hybridized carbons (Fsp3) is 0.395. The second-order valence-electron chi connectivity index (χ2n) is 16.0. The third-order valence-corrected chi connectivity index (χ3v) is 11.4. The molecule has 2 fully saturated rings. The number of ether oxygens (including phenoxy) is 3. The van der Waals surface area contributed by atoms with Crippen LogP contribution in [0.4, 0.5) is 4.79 Å². The number of pyridine rings is 3. The van der Waals surface area contributed by atoms with Crippen LogP contribution in [0.5, 0.6) is 11.6 Å². The van der Waals surface area contributed by atoms with Gasteiger partial charge in [0.1, 0.15) is 5.60 Å². The number of rotatable bonds is 15. The molecule has 0 bridgehead atoms. The van der Waals surface area contributed by atoms with Crippen LogP contribution in [0, 0.1) is 5.41 Å². The van der Waals surface area contributed by atoms with E-state index in [1.54, 1.807) is 45.0 Å². The summed E-state index contributed by atoms with van der Waals surface area (Å²) >= 11 is 14.3. The van der Waals surface area contributed by atoms with Gasteiger partial charge in [-0.15, -0.1) is 0 Å². The minimum absolute atomic E-state index is 0.0414. The molecule has 1 saturated carbocycles. The van der Waals surface area contributed by atoms with Crippen molar-refractivity contribution in [1.82, 2.24) is 34.9 Å². The van der Waals surface area contributed by atoms with Crippen molar-refractivity contribution in [2.45, 2.75) is 77.6 Å². The Kier molecular flexibility index (Phi) is 12.0. The Bertz CT molecular complexity index is 2410. The van der Waals surface area contributed by atoms with Crippen molar-refractivity contribution in [1.29, 1.82) is 0 Å². The smallest absolute Gasteiger partial charge is 0.410 e. The molecule has 3 N–H and O–H groups in total. The SMILES string of the molecule is COc1nc(-c2cccc(-c3ccnc(-c4cc(OC)c5nc(CNCCC6(C(=O)O)CC6)cn5c4)c3Cl)c2Cl)ccc1CN(C[C@@H]1CCC(=O)N1)C(=O)OC(C)(C)C. The van der Waals surface area contributed by atoms with Gasteiger partial charge in [-0.05, 0) is 77.3 Å². The lowest BCUT2D eigenvalue weighted by Gasteiger charge is -2.29. The number of hydrogen-bond donors (Lipinski definition) is 3. The Morgan fingerprint density at radius 3 is 2.47 bits per heavy atom. The molecule has 2 amide bonds. The van der Waals surface area contributed by atoms with Crippen LogP contribution in [0.25, 0.3) is 39.3 Å². The molecule has 14 nitrogen and oxygen atoms in total. The number of fused-ring (bicyclic) bond motifs is 1. The molecule has 16 heteroatoms. The van der Waals surface area contributed by atoms with Gasteiger partial charge in [0.2, 0.25) is 11.8 Å². The van der Waals surface area contributed by atoms with E-state index in [9.17, 15) is 19.5 Å². The molecule has 4 aromatic heterocycles. The minimum Gasteiger partial charge on any atom is -0.493 e. The van der Waals surface area contributed by atoms with E-state index in [-0.39, 0.29) is 25.0 Å². The standard InChI is InChI=1S/C43H47Cl2N7O7/c1-42(2,3)59-41(56)52(23-27-10-12-34(53)48-27)21-25-9-11-32(50-39(25)58-5)31-8-6-7-29(35(31)44)30-13-17-47-37(36(30)45)26-19-33(57-4)38-49-28(24-51(38)22-26)20-46-18-16-43(14-15-43)40(54)55/h6-9,11,13,17,19,22,24,27,46H,10,12,14-16,18,20-21,23H2,1-5H3,(H,48,53)(H,54,55)/t27-/m0/s1. The summed E-state index contributed by atoms with van der Waals surface area (Å²) in [5, 5.41) is 16.5. The Morgan fingerprint density at radius 2 is 1.80 bits per heavy atom. The van der Waals surface area contributed by atoms with Gasteiger partial charge in [0.05, 0.1) is 53.3 Å². The summed E-state index contributed by atoms with van der Waals surface area (Å²) in [7, 11) is 3.09. The maximum atomic E-state index is 13.3. The Labute approximate surface area is 352 Å². The first-order valence-corrected chi connectivity index (χ1v) is 20.2. The topological polar surface area (TPSA) is 170 Å². The van der Waals surface area contributed by atoms with Gasteiger partial charge in [-0.1, -0.05) is 41.4 Å². The van der Waals surface area contributed by atoms with E-state index in [0.29, 0.717) is 98.9 Å². The maximum absolute atomic E-state index is 13.3. The molecule has 5 heterocycles. The second-order valence-corrected chi connectivity index (χ2v) is 16.7. The van der Waals surface area contributed by atoms with Crippen LogP contribution in [0.2, 0.25) is 10.0 Å². The monoisotopic (exact) mass is 843 g/mol. The van der Waals surface area contributed by atoms with Crippen LogP contribution < -0.4 is 20.1 Å². The lowest BCUT2D eigenvalue weighted by atomic mass is 10.00. The summed E-state index contributed by atoms with van der Waals surface area (Å²) in [5.41, 5.74) is 4.46. The third kappa shape index (κ3) is 9.24. The number of imidazole rings is 1. The molecular weight excluding hydrogens is 797 g/mol. The van der Waals surface area contributed by atoms with Gasteiger partial charge in [0.25, 0.3) is 0 Å². The van der Waals surface area contributed by atoms with E-state index in [1.807, 2.05) is 53.2 Å². The number of carbonyl (C=O) groups excluding carboxylic acids is 2. The highest BCUT2D eigenvalue weighted by atomic mass is 35.5. The lowest BCUT2D eigenvalue weighted by molar-refractivity contribution is -0.143. The fourth-order valence-corrected chi connectivity index (χ4v) is 7.92. The van der Waals surface area contributed by atoms with Crippen molar-refractivity contribution in [3.05, 3.63) is 82.4 Å². The van der Waals surface area contributed by atoms with E-state index < -0.39 is 23.1 Å². The molecule has 1 atom stereocenters. The number of nitrogens with zero attached hydrogens (tertiary/aromatic N) is 5. The minimum atomic E-state index is -0.727. The molecule has 59 heavy (non-hydrogen) atoms. The maximum Gasteiger partial charge on any atom is 0.410 e. The van der Waals surface area contributed by atoms with Gasteiger partial charge in [-0.3, -0.25) is 14.6 Å². The van der Waals surface area contributed by atoms with Gasteiger partial charge in [-0.25, -0.2) is 14.8 Å². The summed E-state index contributed by atoms with van der Waals surface area (Å²) in [4.78, 5) is 52.6. The van der Waals surface area contributed by atoms with Crippen molar-refractivity contribution in [2.24, 2.45) is 5.41 Å².